The topological polar surface area (TPSA) is 90.7 Å². The second kappa shape index (κ2) is 9.69. The van der Waals surface area contributed by atoms with Crippen LogP contribution in [0.4, 0.5) is 10.5 Å². The summed E-state index contributed by atoms with van der Waals surface area (Å²) in [6, 6.07) is 13.8. The fourth-order valence-corrected chi connectivity index (χ4v) is 2.12. The van der Waals surface area contributed by atoms with Crippen LogP contribution in [-0.4, -0.2) is 24.7 Å². The zero-order valence-electron chi connectivity index (χ0n) is 14.2. The van der Waals surface area contributed by atoms with Crippen LogP contribution in [-0.2, 0) is 11.3 Å². The number of nitro benzene ring substituents is 1. The van der Waals surface area contributed by atoms with Crippen molar-refractivity contribution in [1.82, 2.24) is 5.32 Å². The first-order valence-electron chi connectivity index (χ1n) is 7.86. The van der Waals surface area contributed by atoms with Crippen LogP contribution < -0.4 is 10.1 Å². The zero-order chi connectivity index (χ0) is 18.8. The van der Waals surface area contributed by atoms with E-state index in [1.807, 2.05) is 30.3 Å². The molecule has 0 atom stereocenters. The zero-order valence-corrected chi connectivity index (χ0v) is 14.2. The first-order chi connectivity index (χ1) is 12.6. The minimum absolute atomic E-state index is 0.118. The molecule has 0 aliphatic carbocycles. The Kier molecular flexibility index (Phi) is 7.01. The van der Waals surface area contributed by atoms with Gasteiger partial charge in [-0.2, -0.15) is 0 Å². The van der Waals surface area contributed by atoms with E-state index in [-0.39, 0.29) is 24.4 Å². The van der Waals surface area contributed by atoms with Crippen molar-refractivity contribution < 1.29 is 19.2 Å². The van der Waals surface area contributed by atoms with Gasteiger partial charge in [-0.05, 0) is 11.6 Å². The Hall–Kier alpha value is -3.53. The molecule has 0 spiro atoms. The van der Waals surface area contributed by atoms with Crippen molar-refractivity contribution in [2.75, 3.05) is 13.7 Å². The third kappa shape index (κ3) is 5.53. The molecule has 134 valence electrons. The summed E-state index contributed by atoms with van der Waals surface area (Å²) in [5, 5.41) is 13.6. The quantitative estimate of drug-likeness (QED) is 0.372. The summed E-state index contributed by atoms with van der Waals surface area (Å²) >= 11 is 0. The lowest BCUT2D eigenvalue weighted by molar-refractivity contribution is -0.385. The molecule has 0 aliphatic rings. The lowest BCUT2D eigenvalue weighted by Gasteiger charge is -2.05. The van der Waals surface area contributed by atoms with Gasteiger partial charge < -0.3 is 14.8 Å². The highest BCUT2D eigenvalue weighted by Crippen LogP contribution is 2.26. The van der Waals surface area contributed by atoms with Crippen molar-refractivity contribution in [2.24, 2.45) is 0 Å². The van der Waals surface area contributed by atoms with E-state index < -0.39 is 11.0 Å². The van der Waals surface area contributed by atoms with Gasteiger partial charge in [0.25, 0.3) is 5.69 Å². The summed E-state index contributed by atoms with van der Waals surface area (Å²) in [6.07, 6.45) is -0.228. The Morgan fingerprint density at radius 2 is 1.96 bits per heavy atom. The molecular weight excluding hydrogens is 336 g/mol. The number of hydrogen-bond acceptors (Lipinski definition) is 5. The molecule has 0 saturated carbocycles. The van der Waals surface area contributed by atoms with E-state index in [2.05, 4.69) is 17.2 Å². The molecule has 0 radical (unpaired) electrons. The second-order valence-electron chi connectivity index (χ2n) is 5.15. The molecule has 0 aromatic heterocycles. The fraction of sp³-hybridized carbons (Fsp3) is 0.211. The maximum absolute atomic E-state index is 11.6. The first-order valence-corrected chi connectivity index (χ1v) is 7.86. The van der Waals surface area contributed by atoms with Gasteiger partial charge >= 0.3 is 6.09 Å². The van der Waals surface area contributed by atoms with Crippen LogP contribution in [0.2, 0.25) is 0 Å². The van der Waals surface area contributed by atoms with Crippen molar-refractivity contribution in [3.63, 3.8) is 0 Å². The Labute approximate surface area is 151 Å². The van der Waals surface area contributed by atoms with Crippen LogP contribution in [0, 0.1) is 22.0 Å². The highest BCUT2D eigenvalue weighted by atomic mass is 16.6. The van der Waals surface area contributed by atoms with Gasteiger partial charge in [-0.15, -0.1) is 0 Å². The largest absolute Gasteiger partial charge is 0.495 e. The van der Waals surface area contributed by atoms with Crippen LogP contribution in [0.5, 0.6) is 5.75 Å². The fourth-order valence-electron chi connectivity index (χ4n) is 2.12. The van der Waals surface area contributed by atoms with Gasteiger partial charge in [0.1, 0.15) is 17.9 Å². The van der Waals surface area contributed by atoms with Crippen LogP contribution in [0.3, 0.4) is 0 Å². The lowest BCUT2D eigenvalue weighted by atomic mass is 10.1. The Balaban J connectivity index is 1.84. The molecule has 1 N–H and O–H groups in total. The van der Waals surface area contributed by atoms with E-state index in [4.69, 9.17) is 9.47 Å². The van der Waals surface area contributed by atoms with Gasteiger partial charge in [0.2, 0.25) is 0 Å². The number of nitrogens with zero attached hydrogens (tertiary/aromatic N) is 1. The number of hydrogen-bond donors (Lipinski definition) is 1. The number of alkyl carbamates (subject to hydrolysis) is 1. The standard InChI is InChI=1S/C19H18N2O5/c1-25-18-12-7-11-17(21(23)24)16(18)10-5-6-13-20-19(22)26-14-15-8-3-2-4-9-15/h2-4,7-9,11-12H,6,13-14H2,1H3,(H,20,22). The van der Waals surface area contributed by atoms with Crippen molar-refractivity contribution in [2.45, 2.75) is 13.0 Å². The normalized spacial score (nSPS) is 9.58. The van der Waals surface area contributed by atoms with Gasteiger partial charge in [0.15, 0.2) is 0 Å². The average molecular weight is 354 g/mol. The second-order valence-corrected chi connectivity index (χ2v) is 5.15. The lowest BCUT2D eigenvalue weighted by Crippen LogP contribution is -2.24. The van der Waals surface area contributed by atoms with Crippen molar-refractivity contribution in [1.29, 1.82) is 0 Å². The van der Waals surface area contributed by atoms with E-state index in [1.165, 1.54) is 19.2 Å². The summed E-state index contributed by atoms with van der Waals surface area (Å²) < 4.78 is 10.2. The molecular formula is C19H18N2O5. The predicted molar refractivity (Wildman–Crippen MR) is 95.8 cm³/mol. The minimum Gasteiger partial charge on any atom is -0.495 e. The number of carbonyl (C=O) groups excluding carboxylic acids is 1. The number of nitro groups is 1. The van der Waals surface area contributed by atoms with E-state index in [0.717, 1.165) is 5.56 Å². The van der Waals surface area contributed by atoms with Crippen LogP contribution >= 0.6 is 0 Å². The molecule has 2 rings (SSSR count). The van der Waals surface area contributed by atoms with Crippen LogP contribution in [0.25, 0.3) is 0 Å². The Bertz CT molecular complexity index is 825. The molecule has 7 heteroatoms. The number of benzene rings is 2. The average Bonchev–Trinajstić information content (AvgIpc) is 2.66. The van der Waals surface area contributed by atoms with Crippen molar-refractivity contribution >= 4 is 11.8 Å². The molecule has 0 heterocycles. The third-order valence-corrected chi connectivity index (χ3v) is 3.37. The molecule has 7 nitrogen and oxygen atoms in total. The maximum atomic E-state index is 11.6. The Morgan fingerprint density at radius 3 is 2.65 bits per heavy atom. The van der Waals surface area contributed by atoms with Crippen LogP contribution in [0.15, 0.2) is 48.5 Å². The molecule has 2 aromatic rings. The van der Waals surface area contributed by atoms with Gasteiger partial charge in [-0.1, -0.05) is 48.2 Å². The number of rotatable bonds is 6. The Morgan fingerprint density at radius 1 is 1.19 bits per heavy atom. The molecule has 0 unspecified atom stereocenters. The minimum atomic E-state index is -0.543. The van der Waals surface area contributed by atoms with Gasteiger partial charge in [-0.25, -0.2) is 4.79 Å². The summed E-state index contributed by atoms with van der Waals surface area (Å²) in [5.41, 5.74) is 0.990. The van der Waals surface area contributed by atoms with E-state index in [1.54, 1.807) is 6.07 Å². The van der Waals surface area contributed by atoms with Gasteiger partial charge in [0, 0.05) is 19.0 Å². The number of carbonyl (C=O) groups is 1. The molecule has 0 bridgehead atoms. The smallest absolute Gasteiger partial charge is 0.407 e. The molecule has 1 amide bonds. The molecule has 0 fully saturated rings. The molecule has 26 heavy (non-hydrogen) atoms. The predicted octanol–water partition coefficient (Wildman–Crippen LogP) is 3.27. The highest BCUT2D eigenvalue weighted by molar-refractivity contribution is 5.67. The number of methoxy groups -OCH3 is 1. The maximum Gasteiger partial charge on any atom is 0.407 e. The third-order valence-electron chi connectivity index (χ3n) is 3.37. The van der Waals surface area contributed by atoms with E-state index >= 15 is 0 Å². The molecule has 2 aromatic carbocycles. The number of ether oxygens (including phenoxy) is 2. The molecule has 0 aliphatic heterocycles. The van der Waals surface area contributed by atoms with Crippen LogP contribution in [0.1, 0.15) is 17.5 Å². The van der Waals surface area contributed by atoms with Gasteiger partial charge in [-0.3, -0.25) is 10.1 Å². The summed E-state index contributed by atoms with van der Waals surface area (Å²) in [6.45, 7) is 0.454. The molecule has 0 saturated heterocycles. The summed E-state index contributed by atoms with van der Waals surface area (Å²) in [5.74, 6) is 5.87. The number of amides is 1. The summed E-state index contributed by atoms with van der Waals surface area (Å²) in [4.78, 5) is 22.2. The van der Waals surface area contributed by atoms with Gasteiger partial charge in [0.05, 0.1) is 12.0 Å². The van der Waals surface area contributed by atoms with E-state index in [9.17, 15) is 14.9 Å². The summed E-state index contributed by atoms with van der Waals surface area (Å²) in [7, 11) is 1.43. The van der Waals surface area contributed by atoms with Crippen molar-refractivity contribution in [3.8, 4) is 17.6 Å². The van der Waals surface area contributed by atoms with Crippen molar-refractivity contribution in [3.05, 3.63) is 69.8 Å². The highest BCUT2D eigenvalue weighted by Gasteiger charge is 2.15. The monoisotopic (exact) mass is 354 g/mol. The van der Waals surface area contributed by atoms with E-state index in [0.29, 0.717) is 12.2 Å². The first kappa shape index (κ1) is 18.8. The number of nitrogens with one attached hydrogen (secondary N) is 1. The SMILES string of the molecule is COc1cccc([N+](=O)[O-])c1C#CCCNC(=O)OCc1ccccc1.